The highest BCUT2D eigenvalue weighted by Crippen LogP contribution is 2.11. The highest BCUT2D eigenvalue weighted by molar-refractivity contribution is 7.98. The SMILES string of the molecule is COc1ccc(C(=O)N[C@@H](CCSC)C(=O)NN)cc1. The summed E-state index contributed by atoms with van der Waals surface area (Å²) in [4.78, 5) is 23.7. The van der Waals surface area contributed by atoms with Gasteiger partial charge in [-0.2, -0.15) is 11.8 Å². The third kappa shape index (κ3) is 4.75. The van der Waals surface area contributed by atoms with E-state index in [1.807, 2.05) is 6.26 Å². The normalized spacial score (nSPS) is 11.6. The highest BCUT2D eigenvalue weighted by atomic mass is 32.2. The molecule has 1 aromatic carbocycles. The third-order valence-corrected chi connectivity index (χ3v) is 3.37. The van der Waals surface area contributed by atoms with Crippen molar-refractivity contribution in [3.05, 3.63) is 29.8 Å². The third-order valence-electron chi connectivity index (χ3n) is 2.73. The lowest BCUT2D eigenvalue weighted by molar-refractivity contribution is -0.123. The molecule has 0 fully saturated rings. The fraction of sp³-hybridized carbons (Fsp3) is 0.385. The summed E-state index contributed by atoms with van der Waals surface area (Å²) in [7, 11) is 1.55. The van der Waals surface area contributed by atoms with Gasteiger partial charge in [-0.3, -0.25) is 15.0 Å². The monoisotopic (exact) mass is 297 g/mol. The van der Waals surface area contributed by atoms with Crippen LogP contribution < -0.4 is 21.3 Å². The van der Waals surface area contributed by atoms with Crippen molar-refractivity contribution in [2.24, 2.45) is 5.84 Å². The van der Waals surface area contributed by atoms with Crippen LogP contribution in [0, 0.1) is 0 Å². The number of benzene rings is 1. The van der Waals surface area contributed by atoms with Gasteiger partial charge in [0.05, 0.1) is 7.11 Å². The average molecular weight is 297 g/mol. The molecule has 1 atom stereocenters. The maximum absolute atomic E-state index is 12.1. The van der Waals surface area contributed by atoms with Crippen molar-refractivity contribution in [2.45, 2.75) is 12.5 Å². The van der Waals surface area contributed by atoms with Gasteiger partial charge in [0.15, 0.2) is 0 Å². The number of carbonyl (C=O) groups excluding carboxylic acids is 2. The number of nitrogens with two attached hydrogens (primary N) is 1. The zero-order chi connectivity index (χ0) is 15.0. The van der Waals surface area contributed by atoms with E-state index in [1.165, 1.54) is 0 Å². The molecule has 7 heteroatoms. The molecule has 0 aliphatic rings. The summed E-state index contributed by atoms with van der Waals surface area (Å²) < 4.78 is 5.02. The first kappa shape index (κ1) is 16.3. The van der Waals surface area contributed by atoms with Crippen LogP contribution in [0.15, 0.2) is 24.3 Å². The maximum Gasteiger partial charge on any atom is 0.256 e. The van der Waals surface area contributed by atoms with Crippen LogP contribution in [0.4, 0.5) is 0 Å². The van der Waals surface area contributed by atoms with Crippen molar-refractivity contribution in [3.8, 4) is 5.75 Å². The highest BCUT2D eigenvalue weighted by Gasteiger charge is 2.20. The van der Waals surface area contributed by atoms with Gasteiger partial charge in [-0.25, -0.2) is 5.84 Å². The number of carbonyl (C=O) groups is 2. The first-order valence-electron chi connectivity index (χ1n) is 6.06. The Balaban J connectivity index is 2.70. The van der Waals surface area contributed by atoms with Crippen LogP contribution in [0.5, 0.6) is 5.75 Å². The second-order valence-electron chi connectivity index (χ2n) is 4.04. The first-order valence-corrected chi connectivity index (χ1v) is 7.46. The molecule has 0 aromatic heterocycles. The lowest BCUT2D eigenvalue weighted by Gasteiger charge is -2.16. The van der Waals surface area contributed by atoms with Gasteiger partial charge in [-0.05, 0) is 42.7 Å². The Morgan fingerprint density at radius 2 is 2.00 bits per heavy atom. The minimum absolute atomic E-state index is 0.317. The van der Waals surface area contributed by atoms with Crippen LogP contribution >= 0.6 is 11.8 Å². The van der Waals surface area contributed by atoms with Gasteiger partial charge in [-0.1, -0.05) is 0 Å². The molecule has 0 unspecified atom stereocenters. The number of hydrazine groups is 1. The van der Waals surface area contributed by atoms with Gasteiger partial charge in [0.2, 0.25) is 0 Å². The van der Waals surface area contributed by atoms with Crippen LogP contribution in [0.1, 0.15) is 16.8 Å². The van der Waals surface area contributed by atoms with Crippen molar-refractivity contribution in [1.29, 1.82) is 0 Å². The molecule has 0 aliphatic carbocycles. The van der Waals surface area contributed by atoms with Crippen LogP contribution in [-0.2, 0) is 4.79 Å². The maximum atomic E-state index is 12.1. The zero-order valence-corrected chi connectivity index (χ0v) is 12.3. The van der Waals surface area contributed by atoms with Gasteiger partial charge >= 0.3 is 0 Å². The lowest BCUT2D eigenvalue weighted by atomic mass is 10.1. The van der Waals surface area contributed by atoms with Crippen molar-refractivity contribution >= 4 is 23.6 Å². The number of hydrogen-bond donors (Lipinski definition) is 3. The van der Waals surface area contributed by atoms with E-state index in [9.17, 15) is 9.59 Å². The van der Waals surface area contributed by atoms with Crippen LogP contribution in [0.2, 0.25) is 0 Å². The topological polar surface area (TPSA) is 93.4 Å². The Morgan fingerprint density at radius 1 is 1.35 bits per heavy atom. The number of ether oxygens (including phenoxy) is 1. The summed E-state index contributed by atoms with van der Waals surface area (Å²) >= 11 is 1.60. The van der Waals surface area contributed by atoms with Crippen LogP contribution in [0.25, 0.3) is 0 Å². The molecule has 0 aliphatic heterocycles. The van der Waals surface area contributed by atoms with Gasteiger partial charge in [0.25, 0.3) is 11.8 Å². The van der Waals surface area contributed by atoms with E-state index in [-0.39, 0.29) is 5.91 Å². The minimum Gasteiger partial charge on any atom is -0.497 e. The van der Waals surface area contributed by atoms with Gasteiger partial charge in [0.1, 0.15) is 11.8 Å². The summed E-state index contributed by atoms with van der Waals surface area (Å²) in [6.07, 6.45) is 2.45. The summed E-state index contributed by atoms with van der Waals surface area (Å²) in [6, 6.07) is 6.02. The van der Waals surface area contributed by atoms with Crippen molar-refractivity contribution < 1.29 is 14.3 Å². The molecule has 0 heterocycles. The minimum atomic E-state index is -0.637. The molecule has 1 aromatic rings. The summed E-state index contributed by atoms with van der Waals surface area (Å²) in [5.41, 5.74) is 2.53. The summed E-state index contributed by atoms with van der Waals surface area (Å²) in [5.74, 6) is 5.82. The van der Waals surface area contributed by atoms with E-state index in [4.69, 9.17) is 10.6 Å². The van der Waals surface area contributed by atoms with E-state index in [0.717, 1.165) is 5.75 Å². The lowest BCUT2D eigenvalue weighted by Crippen LogP contribution is -2.49. The molecule has 20 heavy (non-hydrogen) atoms. The average Bonchev–Trinajstić information content (AvgIpc) is 2.50. The first-order chi connectivity index (χ1) is 9.62. The molecule has 2 amide bonds. The fourth-order valence-corrected chi connectivity index (χ4v) is 2.06. The van der Waals surface area contributed by atoms with Crippen molar-refractivity contribution in [3.63, 3.8) is 0 Å². The van der Waals surface area contributed by atoms with E-state index in [1.54, 1.807) is 43.1 Å². The van der Waals surface area contributed by atoms with Crippen molar-refractivity contribution in [2.75, 3.05) is 19.1 Å². The molecule has 0 radical (unpaired) electrons. The van der Waals surface area contributed by atoms with Crippen LogP contribution in [0.3, 0.4) is 0 Å². The standard InChI is InChI=1S/C13H19N3O3S/c1-19-10-5-3-9(4-6-10)12(17)15-11(7-8-20-2)13(18)16-14/h3-6,11H,7-8,14H2,1-2H3,(H,15,17)(H,16,18)/t11-/m0/s1. The molecular formula is C13H19N3O3S. The molecule has 0 bridgehead atoms. The largest absolute Gasteiger partial charge is 0.497 e. The van der Waals surface area contributed by atoms with E-state index in [0.29, 0.717) is 17.7 Å². The Hall–Kier alpha value is -1.73. The second-order valence-corrected chi connectivity index (χ2v) is 5.03. The molecular weight excluding hydrogens is 278 g/mol. The Morgan fingerprint density at radius 3 is 2.50 bits per heavy atom. The summed E-state index contributed by atoms with van der Waals surface area (Å²) in [6.45, 7) is 0. The van der Waals surface area contributed by atoms with E-state index in [2.05, 4.69) is 10.7 Å². The zero-order valence-electron chi connectivity index (χ0n) is 11.5. The quantitative estimate of drug-likeness (QED) is 0.388. The van der Waals surface area contributed by atoms with Gasteiger partial charge in [0, 0.05) is 5.56 Å². The van der Waals surface area contributed by atoms with Crippen LogP contribution in [-0.4, -0.2) is 37.0 Å². The number of nitrogens with one attached hydrogen (secondary N) is 2. The van der Waals surface area contributed by atoms with Crippen molar-refractivity contribution in [1.82, 2.24) is 10.7 Å². The van der Waals surface area contributed by atoms with E-state index >= 15 is 0 Å². The predicted molar refractivity (Wildman–Crippen MR) is 79.6 cm³/mol. The Bertz CT molecular complexity index is 451. The molecule has 1 rings (SSSR count). The molecule has 4 N–H and O–H groups in total. The Labute approximate surface area is 122 Å². The molecule has 6 nitrogen and oxygen atoms in total. The molecule has 0 saturated carbocycles. The fourth-order valence-electron chi connectivity index (χ4n) is 1.59. The predicted octanol–water partition coefficient (Wildman–Crippen LogP) is 0.537. The smallest absolute Gasteiger partial charge is 0.256 e. The number of thioether (sulfide) groups is 1. The van der Waals surface area contributed by atoms with E-state index < -0.39 is 11.9 Å². The number of amides is 2. The second kappa shape index (κ2) is 8.44. The molecule has 110 valence electrons. The summed E-state index contributed by atoms with van der Waals surface area (Å²) in [5, 5.41) is 2.67. The van der Waals surface area contributed by atoms with Gasteiger partial charge < -0.3 is 10.1 Å². The number of hydrogen-bond acceptors (Lipinski definition) is 5. The number of rotatable bonds is 7. The number of methoxy groups -OCH3 is 1. The molecule has 0 saturated heterocycles. The molecule has 0 spiro atoms. The Kier molecular flexibility index (Phi) is 6.89. The van der Waals surface area contributed by atoms with Gasteiger partial charge in [-0.15, -0.1) is 0 Å².